The minimum atomic E-state index is 0.231. The first-order valence-electron chi connectivity index (χ1n) is 5.82. The summed E-state index contributed by atoms with van der Waals surface area (Å²) in [6.45, 7) is 2.06. The Labute approximate surface area is 111 Å². The number of thioether (sulfide) groups is 1. The van der Waals surface area contributed by atoms with Crippen molar-refractivity contribution < 1.29 is 4.79 Å². The van der Waals surface area contributed by atoms with E-state index in [1.807, 2.05) is 25.4 Å². The Morgan fingerprint density at radius 2 is 2.28 bits per heavy atom. The molecule has 18 heavy (non-hydrogen) atoms. The zero-order chi connectivity index (χ0) is 13.0. The van der Waals surface area contributed by atoms with Crippen molar-refractivity contribution in [2.45, 2.75) is 18.2 Å². The van der Waals surface area contributed by atoms with Crippen LogP contribution < -0.4 is 0 Å². The number of ketones is 1. The Morgan fingerprint density at radius 3 is 2.94 bits per heavy atom. The van der Waals surface area contributed by atoms with Crippen LogP contribution in [-0.2, 0) is 18.3 Å². The Bertz CT molecular complexity index is 548. The first-order valence-corrected chi connectivity index (χ1v) is 6.81. The number of hydrogen-bond donors (Lipinski definition) is 0. The van der Waals surface area contributed by atoms with Crippen LogP contribution in [0.25, 0.3) is 0 Å². The lowest BCUT2D eigenvalue weighted by atomic mass is 10.2. The molecule has 4 heteroatoms. The highest BCUT2D eigenvalue weighted by Gasteiger charge is 2.06. The van der Waals surface area contributed by atoms with E-state index < -0.39 is 0 Å². The Balaban J connectivity index is 1.85. The largest absolute Gasteiger partial charge is 0.298 e. The maximum absolute atomic E-state index is 11.8. The van der Waals surface area contributed by atoms with Gasteiger partial charge >= 0.3 is 0 Å². The molecule has 1 aromatic carbocycles. The van der Waals surface area contributed by atoms with E-state index in [-0.39, 0.29) is 5.78 Å². The number of Topliss-reactive ketones (excluding diaryl/α,β-unsaturated/α-hetero) is 1. The van der Waals surface area contributed by atoms with E-state index in [4.69, 9.17) is 0 Å². The summed E-state index contributed by atoms with van der Waals surface area (Å²) in [5.41, 5.74) is 2.20. The lowest BCUT2D eigenvalue weighted by Crippen LogP contribution is -2.05. The third-order valence-electron chi connectivity index (χ3n) is 2.55. The second kappa shape index (κ2) is 5.87. The van der Waals surface area contributed by atoms with Crippen molar-refractivity contribution in [2.75, 3.05) is 5.75 Å². The molecule has 0 unspecified atom stereocenters. The average Bonchev–Trinajstić information content (AvgIpc) is 2.72. The van der Waals surface area contributed by atoms with Gasteiger partial charge in [0, 0.05) is 24.6 Å². The van der Waals surface area contributed by atoms with Gasteiger partial charge in [-0.2, -0.15) is 5.10 Å². The fourth-order valence-corrected chi connectivity index (χ4v) is 2.58. The average molecular weight is 260 g/mol. The maximum Gasteiger partial charge on any atom is 0.147 e. The van der Waals surface area contributed by atoms with E-state index in [1.54, 1.807) is 22.6 Å². The molecule has 0 spiro atoms. The van der Waals surface area contributed by atoms with Gasteiger partial charge in [-0.1, -0.05) is 17.7 Å². The number of aromatic nitrogens is 2. The van der Waals surface area contributed by atoms with Crippen LogP contribution in [0, 0.1) is 6.92 Å². The number of benzene rings is 1. The third kappa shape index (κ3) is 3.74. The number of carbonyl (C=O) groups is 1. The van der Waals surface area contributed by atoms with E-state index in [9.17, 15) is 4.79 Å². The number of hydrogen-bond acceptors (Lipinski definition) is 3. The number of carbonyl (C=O) groups excluding carboxylic acids is 1. The molecule has 94 valence electrons. The van der Waals surface area contributed by atoms with Crippen molar-refractivity contribution in [3.63, 3.8) is 0 Å². The van der Waals surface area contributed by atoms with E-state index in [1.165, 1.54) is 5.56 Å². The summed E-state index contributed by atoms with van der Waals surface area (Å²) >= 11 is 1.59. The predicted molar refractivity (Wildman–Crippen MR) is 73.8 cm³/mol. The van der Waals surface area contributed by atoms with Crippen LogP contribution in [0.5, 0.6) is 0 Å². The van der Waals surface area contributed by atoms with Crippen molar-refractivity contribution in [2.24, 2.45) is 7.05 Å². The van der Waals surface area contributed by atoms with Gasteiger partial charge in [-0.25, -0.2) is 0 Å². The summed E-state index contributed by atoms with van der Waals surface area (Å²) in [6, 6.07) is 8.21. The van der Waals surface area contributed by atoms with Crippen molar-refractivity contribution in [3.05, 3.63) is 47.8 Å². The van der Waals surface area contributed by atoms with Crippen molar-refractivity contribution in [1.82, 2.24) is 9.78 Å². The molecule has 0 aliphatic rings. The lowest BCUT2D eigenvalue weighted by molar-refractivity contribution is -0.116. The molecule has 1 heterocycles. The van der Waals surface area contributed by atoms with E-state index in [0.29, 0.717) is 12.2 Å². The molecule has 0 N–H and O–H groups in total. The van der Waals surface area contributed by atoms with Crippen molar-refractivity contribution >= 4 is 17.5 Å². The number of aryl methyl sites for hydroxylation is 2. The topological polar surface area (TPSA) is 34.9 Å². The summed E-state index contributed by atoms with van der Waals surface area (Å²) < 4.78 is 1.72. The molecule has 1 aromatic heterocycles. The summed E-state index contributed by atoms with van der Waals surface area (Å²) in [5, 5.41) is 4.06. The van der Waals surface area contributed by atoms with Crippen LogP contribution in [0.1, 0.15) is 11.1 Å². The second-order valence-corrected chi connectivity index (χ2v) is 5.39. The van der Waals surface area contributed by atoms with Gasteiger partial charge in [0.15, 0.2) is 0 Å². The van der Waals surface area contributed by atoms with Crippen LogP contribution in [-0.4, -0.2) is 21.3 Å². The standard InChI is InChI=1S/C14H16N2OS/c1-11-4-3-5-14(6-11)18-10-13(17)7-12-8-15-16(2)9-12/h3-6,8-9H,7,10H2,1-2H3. The fraction of sp³-hybridized carbons (Fsp3) is 0.286. The SMILES string of the molecule is Cc1cccc(SCC(=O)Cc2cnn(C)c2)c1. The Hall–Kier alpha value is -1.55. The molecule has 0 aliphatic heterocycles. The van der Waals surface area contributed by atoms with Crippen molar-refractivity contribution in [1.29, 1.82) is 0 Å². The van der Waals surface area contributed by atoms with Crippen LogP contribution in [0.15, 0.2) is 41.6 Å². The molecule has 0 atom stereocenters. The molecule has 0 saturated carbocycles. The molecule has 2 aromatic rings. The molecule has 0 radical (unpaired) electrons. The zero-order valence-electron chi connectivity index (χ0n) is 10.6. The lowest BCUT2D eigenvalue weighted by Gasteiger charge is -2.01. The minimum absolute atomic E-state index is 0.231. The van der Waals surface area contributed by atoms with Crippen LogP contribution >= 0.6 is 11.8 Å². The molecule has 3 nitrogen and oxygen atoms in total. The number of rotatable bonds is 5. The molecule has 2 rings (SSSR count). The van der Waals surface area contributed by atoms with Crippen molar-refractivity contribution in [3.8, 4) is 0 Å². The summed E-state index contributed by atoms with van der Waals surface area (Å²) in [6.07, 6.45) is 4.09. The highest BCUT2D eigenvalue weighted by Crippen LogP contribution is 2.19. The second-order valence-electron chi connectivity index (χ2n) is 4.34. The third-order valence-corrected chi connectivity index (χ3v) is 3.60. The van der Waals surface area contributed by atoms with E-state index in [0.717, 1.165) is 10.5 Å². The molecular formula is C14H16N2OS. The van der Waals surface area contributed by atoms with Gasteiger partial charge in [0.25, 0.3) is 0 Å². The highest BCUT2D eigenvalue weighted by atomic mass is 32.2. The van der Waals surface area contributed by atoms with Gasteiger partial charge in [0.05, 0.1) is 11.9 Å². The fourth-order valence-electron chi connectivity index (χ4n) is 1.71. The normalized spacial score (nSPS) is 10.6. The van der Waals surface area contributed by atoms with Crippen LogP contribution in [0.4, 0.5) is 0 Å². The van der Waals surface area contributed by atoms with Gasteiger partial charge in [-0.3, -0.25) is 9.48 Å². The summed E-state index contributed by atoms with van der Waals surface area (Å²) in [7, 11) is 1.86. The quantitative estimate of drug-likeness (QED) is 0.775. The highest BCUT2D eigenvalue weighted by molar-refractivity contribution is 8.00. The summed E-state index contributed by atoms with van der Waals surface area (Å²) in [4.78, 5) is 13.0. The molecule has 0 saturated heterocycles. The monoisotopic (exact) mass is 260 g/mol. The smallest absolute Gasteiger partial charge is 0.147 e. The van der Waals surface area contributed by atoms with E-state index in [2.05, 4.69) is 24.2 Å². The zero-order valence-corrected chi connectivity index (χ0v) is 11.4. The van der Waals surface area contributed by atoms with E-state index >= 15 is 0 Å². The van der Waals surface area contributed by atoms with Gasteiger partial charge in [0.1, 0.15) is 5.78 Å². The molecular weight excluding hydrogens is 244 g/mol. The van der Waals surface area contributed by atoms with Gasteiger partial charge in [-0.15, -0.1) is 11.8 Å². The minimum Gasteiger partial charge on any atom is -0.298 e. The molecule has 0 aliphatic carbocycles. The van der Waals surface area contributed by atoms with Gasteiger partial charge in [-0.05, 0) is 24.6 Å². The molecule has 0 amide bonds. The first kappa shape index (κ1) is 12.9. The van der Waals surface area contributed by atoms with Crippen LogP contribution in [0.2, 0.25) is 0 Å². The Kier molecular flexibility index (Phi) is 4.20. The molecule has 0 bridgehead atoms. The van der Waals surface area contributed by atoms with Crippen LogP contribution in [0.3, 0.4) is 0 Å². The molecule has 0 fully saturated rings. The Morgan fingerprint density at radius 1 is 1.44 bits per heavy atom. The summed E-state index contributed by atoms with van der Waals surface area (Å²) in [5.74, 6) is 0.743. The maximum atomic E-state index is 11.8. The number of nitrogens with zero attached hydrogens (tertiary/aromatic N) is 2. The van der Waals surface area contributed by atoms with Gasteiger partial charge < -0.3 is 0 Å². The van der Waals surface area contributed by atoms with Gasteiger partial charge in [0.2, 0.25) is 0 Å². The predicted octanol–water partition coefficient (Wildman–Crippen LogP) is 2.63. The first-order chi connectivity index (χ1) is 8.63.